The van der Waals surface area contributed by atoms with Gasteiger partial charge in [-0.1, -0.05) is 6.07 Å². The first-order valence-corrected chi connectivity index (χ1v) is 4.18. The fourth-order valence-corrected chi connectivity index (χ4v) is 1.35. The SMILES string of the molecule is Cc1cc(O)ccc1[C@](C)(N)C(=O)O. The van der Waals surface area contributed by atoms with Gasteiger partial charge >= 0.3 is 5.97 Å². The molecule has 0 unspecified atom stereocenters. The van der Waals surface area contributed by atoms with Crippen LogP contribution in [-0.2, 0) is 10.3 Å². The number of aliphatic carboxylic acids is 1. The molecule has 0 aromatic heterocycles. The molecule has 1 atom stereocenters. The quantitative estimate of drug-likeness (QED) is 0.656. The van der Waals surface area contributed by atoms with E-state index in [9.17, 15) is 4.79 Å². The fourth-order valence-electron chi connectivity index (χ4n) is 1.35. The number of phenolic OH excluding ortho intramolecular Hbond substituents is 1. The second kappa shape index (κ2) is 3.31. The zero-order chi connectivity index (χ0) is 10.9. The zero-order valence-corrected chi connectivity index (χ0v) is 8.11. The first kappa shape index (κ1) is 10.5. The number of benzene rings is 1. The van der Waals surface area contributed by atoms with Crippen LogP contribution in [0.5, 0.6) is 5.75 Å². The van der Waals surface area contributed by atoms with Crippen molar-refractivity contribution in [3.8, 4) is 5.75 Å². The van der Waals surface area contributed by atoms with Gasteiger partial charge < -0.3 is 15.9 Å². The van der Waals surface area contributed by atoms with Crippen LogP contribution in [-0.4, -0.2) is 16.2 Å². The summed E-state index contributed by atoms with van der Waals surface area (Å²) in [6.45, 7) is 3.14. The summed E-state index contributed by atoms with van der Waals surface area (Å²) in [5, 5.41) is 18.1. The smallest absolute Gasteiger partial charge is 0.328 e. The molecule has 1 aromatic rings. The van der Waals surface area contributed by atoms with Crippen molar-refractivity contribution >= 4 is 5.97 Å². The van der Waals surface area contributed by atoms with E-state index in [2.05, 4.69) is 0 Å². The maximum atomic E-state index is 10.9. The summed E-state index contributed by atoms with van der Waals surface area (Å²) >= 11 is 0. The Kier molecular flexibility index (Phi) is 2.49. The molecule has 0 fully saturated rings. The van der Waals surface area contributed by atoms with Crippen LogP contribution in [0.3, 0.4) is 0 Å². The van der Waals surface area contributed by atoms with Crippen LogP contribution >= 0.6 is 0 Å². The Bertz CT molecular complexity index is 372. The van der Waals surface area contributed by atoms with Gasteiger partial charge in [-0.2, -0.15) is 0 Å². The maximum Gasteiger partial charge on any atom is 0.328 e. The third kappa shape index (κ3) is 1.70. The lowest BCUT2D eigenvalue weighted by Gasteiger charge is -2.21. The summed E-state index contributed by atoms with van der Waals surface area (Å²) in [4.78, 5) is 10.9. The molecule has 1 aromatic carbocycles. The molecular weight excluding hydrogens is 182 g/mol. The molecule has 0 aliphatic rings. The normalized spacial score (nSPS) is 14.8. The average molecular weight is 195 g/mol. The van der Waals surface area contributed by atoms with Gasteiger partial charge in [0.2, 0.25) is 0 Å². The minimum absolute atomic E-state index is 0.104. The Labute approximate surface area is 82.0 Å². The number of carboxylic acids is 1. The molecular formula is C10H13NO3. The van der Waals surface area contributed by atoms with Gasteiger partial charge in [0.25, 0.3) is 0 Å². The van der Waals surface area contributed by atoms with Crippen LogP contribution in [0.25, 0.3) is 0 Å². The molecule has 0 heterocycles. The lowest BCUT2D eigenvalue weighted by molar-refractivity contribution is -0.143. The predicted molar refractivity (Wildman–Crippen MR) is 52.0 cm³/mol. The molecule has 76 valence electrons. The molecule has 4 N–H and O–H groups in total. The highest BCUT2D eigenvalue weighted by Crippen LogP contribution is 2.24. The average Bonchev–Trinajstić information content (AvgIpc) is 2.02. The van der Waals surface area contributed by atoms with Crippen molar-refractivity contribution in [2.24, 2.45) is 5.73 Å². The third-order valence-corrected chi connectivity index (χ3v) is 2.21. The summed E-state index contributed by atoms with van der Waals surface area (Å²) in [7, 11) is 0. The first-order valence-electron chi connectivity index (χ1n) is 4.18. The van der Waals surface area contributed by atoms with Crippen LogP contribution in [0.15, 0.2) is 18.2 Å². The van der Waals surface area contributed by atoms with Crippen molar-refractivity contribution in [3.05, 3.63) is 29.3 Å². The van der Waals surface area contributed by atoms with Crippen molar-refractivity contribution in [2.45, 2.75) is 19.4 Å². The van der Waals surface area contributed by atoms with E-state index < -0.39 is 11.5 Å². The second-order valence-electron chi connectivity index (χ2n) is 3.51. The van der Waals surface area contributed by atoms with Gasteiger partial charge in [-0.15, -0.1) is 0 Å². The Morgan fingerprint density at radius 1 is 1.50 bits per heavy atom. The van der Waals surface area contributed by atoms with E-state index in [1.165, 1.54) is 25.1 Å². The van der Waals surface area contributed by atoms with Crippen LogP contribution in [0.1, 0.15) is 18.1 Å². The van der Waals surface area contributed by atoms with E-state index in [4.69, 9.17) is 15.9 Å². The van der Waals surface area contributed by atoms with E-state index in [0.29, 0.717) is 11.1 Å². The summed E-state index contributed by atoms with van der Waals surface area (Å²) in [5.74, 6) is -0.987. The minimum Gasteiger partial charge on any atom is -0.508 e. The van der Waals surface area contributed by atoms with Crippen LogP contribution in [0, 0.1) is 6.92 Å². The van der Waals surface area contributed by atoms with Crippen molar-refractivity contribution in [1.29, 1.82) is 0 Å². The molecule has 14 heavy (non-hydrogen) atoms. The van der Waals surface area contributed by atoms with Crippen molar-refractivity contribution < 1.29 is 15.0 Å². The lowest BCUT2D eigenvalue weighted by atomic mass is 9.89. The summed E-state index contributed by atoms with van der Waals surface area (Å²) in [6.07, 6.45) is 0. The fraction of sp³-hybridized carbons (Fsp3) is 0.300. The highest BCUT2D eigenvalue weighted by molar-refractivity contribution is 5.80. The summed E-state index contributed by atoms with van der Waals surface area (Å²) < 4.78 is 0. The Morgan fingerprint density at radius 3 is 2.50 bits per heavy atom. The lowest BCUT2D eigenvalue weighted by Crippen LogP contribution is -2.42. The Hall–Kier alpha value is -1.55. The summed E-state index contributed by atoms with van der Waals surface area (Å²) in [6, 6.07) is 4.44. The van der Waals surface area contributed by atoms with E-state index >= 15 is 0 Å². The van der Waals surface area contributed by atoms with Crippen molar-refractivity contribution in [3.63, 3.8) is 0 Å². The number of hydrogen-bond donors (Lipinski definition) is 3. The van der Waals surface area contributed by atoms with Crippen LogP contribution < -0.4 is 5.73 Å². The highest BCUT2D eigenvalue weighted by atomic mass is 16.4. The number of carbonyl (C=O) groups is 1. The molecule has 0 radical (unpaired) electrons. The van der Waals surface area contributed by atoms with Gasteiger partial charge in [-0.25, -0.2) is 4.79 Å². The largest absolute Gasteiger partial charge is 0.508 e. The van der Waals surface area contributed by atoms with Crippen LogP contribution in [0.4, 0.5) is 0 Å². The first-order chi connectivity index (χ1) is 6.35. The zero-order valence-electron chi connectivity index (χ0n) is 8.11. The number of nitrogens with two attached hydrogens (primary N) is 1. The van der Waals surface area contributed by atoms with Gasteiger partial charge in [0.05, 0.1) is 0 Å². The van der Waals surface area contributed by atoms with Gasteiger partial charge in [0.15, 0.2) is 0 Å². The van der Waals surface area contributed by atoms with E-state index in [0.717, 1.165) is 0 Å². The number of rotatable bonds is 2. The molecule has 1 rings (SSSR count). The highest BCUT2D eigenvalue weighted by Gasteiger charge is 2.31. The van der Waals surface area contributed by atoms with Gasteiger partial charge in [0.1, 0.15) is 11.3 Å². The number of hydrogen-bond acceptors (Lipinski definition) is 3. The molecule has 4 heteroatoms. The topological polar surface area (TPSA) is 83.5 Å². The predicted octanol–water partition coefficient (Wildman–Crippen LogP) is 0.959. The molecule has 0 spiro atoms. The Balaban J connectivity index is 3.26. The third-order valence-electron chi connectivity index (χ3n) is 2.21. The maximum absolute atomic E-state index is 10.9. The van der Waals surface area contributed by atoms with E-state index in [1.54, 1.807) is 6.92 Å². The van der Waals surface area contributed by atoms with Gasteiger partial charge in [-0.05, 0) is 37.1 Å². The monoisotopic (exact) mass is 195 g/mol. The molecule has 4 nitrogen and oxygen atoms in total. The number of aryl methyl sites for hydroxylation is 1. The van der Waals surface area contributed by atoms with E-state index in [1.807, 2.05) is 0 Å². The second-order valence-corrected chi connectivity index (χ2v) is 3.51. The van der Waals surface area contributed by atoms with E-state index in [-0.39, 0.29) is 5.75 Å². The number of aromatic hydroxyl groups is 1. The van der Waals surface area contributed by atoms with Crippen LogP contribution in [0.2, 0.25) is 0 Å². The van der Waals surface area contributed by atoms with Gasteiger partial charge in [0, 0.05) is 0 Å². The molecule has 0 saturated carbocycles. The molecule has 0 saturated heterocycles. The standard InChI is InChI=1S/C10H13NO3/c1-6-5-7(12)3-4-8(6)10(2,11)9(13)14/h3-5,12H,11H2,1-2H3,(H,13,14)/t10-/m0/s1. The molecule has 0 amide bonds. The molecule has 0 bridgehead atoms. The van der Waals surface area contributed by atoms with Gasteiger partial charge in [-0.3, -0.25) is 0 Å². The number of carboxylic acid groups (broad SMARTS) is 1. The summed E-state index contributed by atoms with van der Waals surface area (Å²) in [5.41, 5.74) is 5.40. The number of phenols is 1. The Morgan fingerprint density at radius 2 is 2.07 bits per heavy atom. The molecule has 0 aliphatic heterocycles. The van der Waals surface area contributed by atoms with Crippen molar-refractivity contribution in [2.75, 3.05) is 0 Å². The van der Waals surface area contributed by atoms with Crippen molar-refractivity contribution in [1.82, 2.24) is 0 Å². The molecule has 0 aliphatic carbocycles. The minimum atomic E-state index is -1.42.